The Morgan fingerprint density at radius 1 is 1.26 bits per heavy atom. The van der Waals surface area contributed by atoms with Crippen LogP contribution in [0.3, 0.4) is 0 Å². The van der Waals surface area contributed by atoms with Crippen molar-refractivity contribution in [3.63, 3.8) is 0 Å². The molecule has 2 atom stereocenters. The molecule has 0 saturated heterocycles. The monoisotopic (exact) mass is 508 g/mol. The van der Waals surface area contributed by atoms with Gasteiger partial charge in [-0.15, -0.1) is 0 Å². The smallest absolute Gasteiger partial charge is 0.408 e. The minimum atomic E-state index is -1.96. The van der Waals surface area contributed by atoms with Gasteiger partial charge in [0.05, 0.1) is 29.0 Å². The van der Waals surface area contributed by atoms with Gasteiger partial charge in [0.25, 0.3) is 0 Å². The average Bonchev–Trinajstić information content (AvgIpc) is 3.57. The van der Waals surface area contributed by atoms with Crippen molar-refractivity contribution in [1.82, 2.24) is 23.5 Å². The maximum atomic E-state index is 15.0. The number of hydrogen-bond acceptors (Lipinski definition) is 7. The number of fused-ring (bicyclic) bond motifs is 1. The molecular weight excluding hydrogens is 491 g/mol. The van der Waals surface area contributed by atoms with Crippen LogP contribution in [0.15, 0.2) is 69.4 Å². The van der Waals surface area contributed by atoms with E-state index in [1.165, 1.54) is 17.0 Å². The molecule has 2 aromatic carbocycles. The van der Waals surface area contributed by atoms with E-state index in [-0.39, 0.29) is 21.1 Å². The van der Waals surface area contributed by atoms with Gasteiger partial charge >= 0.3 is 5.76 Å². The first-order valence-electron chi connectivity index (χ1n) is 10.3. The Morgan fingerprint density at radius 3 is 2.83 bits per heavy atom. The maximum absolute atomic E-state index is 15.0. The van der Waals surface area contributed by atoms with Crippen molar-refractivity contribution in [2.45, 2.75) is 17.9 Å². The van der Waals surface area contributed by atoms with Gasteiger partial charge in [0.1, 0.15) is 17.8 Å². The van der Waals surface area contributed by atoms with Crippen molar-refractivity contribution in [1.29, 1.82) is 0 Å². The van der Waals surface area contributed by atoms with E-state index in [1.807, 2.05) is 38.2 Å². The lowest BCUT2D eigenvalue weighted by molar-refractivity contribution is 0.489. The van der Waals surface area contributed by atoms with Crippen LogP contribution in [0, 0.1) is 17.7 Å². The Kier molecular flexibility index (Phi) is 6.02. The lowest BCUT2D eigenvalue weighted by Crippen LogP contribution is -2.20. The van der Waals surface area contributed by atoms with Crippen LogP contribution in [-0.2, 0) is 18.0 Å². The zero-order chi connectivity index (χ0) is 24.5. The maximum Gasteiger partial charge on any atom is 0.420 e. The van der Waals surface area contributed by atoms with Gasteiger partial charge in [-0.25, -0.2) is 23.4 Å². The lowest BCUT2D eigenvalue weighted by atomic mass is 10.0. The Labute approximate surface area is 205 Å². The summed E-state index contributed by atoms with van der Waals surface area (Å²) in [6, 6.07) is 9.29. The number of aryl methyl sites for hydroxylation is 1. The van der Waals surface area contributed by atoms with Crippen molar-refractivity contribution in [3.8, 4) is 11.8 Å². The fraction of sp³-hybridized carbons (Fsp3) is 0.130. The summed E-state index contributed by atoms with van der Waals surface area (Å²) < 4.78 is 42.6. The van der Waals surface area contributed by atoms with E-state index < -0.39 is 28.6 Å². The van der Waals surface area contributed by atoms with Gasteiger partial charge in [-0.3, -0.25) is 9.29 Å². The molecule has 0 aliphatic heterocycles. The van der Waals surface area contributed by atoms with E-state index in [2.05, 4.69) is 30.9 Å². The number of anilines is 1. The summed E-state index contributed by atoms with van der Waals surface area (Å²) in [6.07, 6.45) is 4.62. The Balaban J connectivity index is 1.54. The van der Waals surface area contributed by atoms with Gasteiger partial charge in [0.15, 0.2) is 16.6 Å². The quantitative estimate of drug-likeness (QED) is 0.364. The second-order valence-corrected chi connectivity index (χ2v) is 9.47. The molecule has 0 spiro atoms. The summed E-state index contributed by atoms with van der Waals surface area (Å²) in [5, 5.41) is 0.277. The zero-order valence-corrected chi connectivity index (χ0v) is 20.1. The standard InChI is InChI=1S/C23H17FN6O3S2/c1-14(17-6-4-3-5-15(17)7-8-16-11-25-13-29(16)2)30-19-9-18(24)21(10-20(19)33-23(30)31)35(32)28-22-26-12-27-34-22/h3-6,9-14H,1-2H3,(H,26,27,28)/t14-,35?/m1/s1. The molecule has 3 heterocycles. The fourth-order valence-corrected chi connectivity index (χ4v) is 5.06. The highest BCUT2D eigenvalue weighted by Crippen LogP contribution is 2.28. The number of aromatic nitrogens is 5. The van der Waals surface area contributed by atoms with Gasteiger partial charge < -0.3 is 8.98 Å². The van der Waals surface area contributed by atoms with Crippen LogP contribution in [0.25, 0.3) is 11.1 Å². The molecule has 1 unspecified atom stereocenters. The molecule has 35 heavy (non-hydrogen) atoms. The van der Waals surface area contributed by atoms with Crippen LogP contribution >= 0.6 is 11.5 Å². The molecule has 176 valence electrons. The Bertz CT molecular complexity index is 1680. The topological polar surface area (TPSA) is 108 Å². The highest BCUT2D eigenvalue weighted by Gasteiger charge is 2.22. The first-order chi connectivity index (χ1) is 16.9. The van der Waals surface area contributed by atoms with E-state index in [4.69, 9.17) is 4.42 Å². The lowest BCUT2D eigenvalue weighted by Gasteiger charge is -2.15. The first-order valence-corrected chi connectivity index (χ1v) is 12.2. The number of benzene rings is 2. The van der Waals surface area contributed by atoms with Crippen LogP contribution in [0.2, 0.25) is 0 Å². The summed E-state index contributed by atoms with van der Waals surface area (Å²) in [4.78, 5) is 20.6. The third kappa shape index (κ3) is 4.39. The van der Waals surface area contributed by atoms with Crippen molar-refractivity contribution >= 4 is 38.7 Å². The van der Waals surface area contributed by atoms with E-state index in [0.717, 1.165) is 28.9 Å². The van der Waals surface area contributed by atoms with Crippen molar-refractivity contribution in [2.75, 3.05) is 4.72 Å². The summed E-state index contributed by atoms with van der Waals surface area (Å²) in [6.45, 7) is 1.81. The van der Waals surface area contributed by atoms with E-state index in [1.54, 1.807) is 17.1 Å². The molecular formula is C23H17FN6O3S2. The van der Waals surface area contributed by atoms with Crippen molar-refractivity contribution in [3.05, 3.63) is 88.4 Å². The van der Waals surface area contributed by atoms with Gasteiger partial charge in [-0.1, -0.05) is 24.1 Å². The highest BCUT2D eigenvalue weighted by molar-refractivity contribution is 7.86. The van der Waals surface area contributed by atoms with Crippen LogP contribution in [0.5, 0.6) is 0 Å². The molecule has 1 N–H and O–H groups in total. The van der Waals surface area contributed by atoms with Crippen LogP contribution < -0.4 is 10.5 Å². The molecule has 5 rings (SSSR count). The predicted octanol–water partition coefficient (Wildman–Crippen LogP) is 3.46. The molecule has 12 heteroatoms. The Hall–Kier alpha value is -4.08. The summed E-state index contributed by atoms with van der Waals surface area (Å²) >= 11 is 0.987. The molecule has 0 saturated carbocycles. The van der Waals surface area contributed by atoms with Crippen molar-refractivity contribution < 1.29 is 13.0 Å². The summed E-state index contributed by atoms with van der Waals surface area (Å²) in [5.74, 6) is 4.80. The number of oxazole rings is 1. The average molecular weight is 509 g/mol. The number of hydrogen-bond donors (Lipinski definition) is 1. The highest BCUT2D eigenvalue weighted by atomic mass is 32.2. The van der Waals surface area contributed by atoms with Crippen LogP contribution in [0.4, 0.5) is 9.52 Å². The Morgan fingerprint density at radius 2 is 2.09 bits per heavy atom. The normalized spacial score (nSPS) is 12.8. The van der Waals surface area contributed by atoms with Crippen molar-refractivity contribution in [2.24, 2.45) is 7.05 Å². The number of halogens is 1. The van der Waals surface area contributed by atoms with E-state index in [9.17, 15) is 13.4 Å². The zero-order valence-electron chi connectivity index (χ0n) is 18.4. The van der Waals surface area contributed by atoms with Gasteiger partial charge in [0, 0.05) is 36.3 Å². The predicted molar refractivity (Wildman–Crippen MR) is 130 cm³/mol. The van der Waals surface area contributed by atoms with Gasteiger partial charge in [0.2, 0.25) is 5.13 Å². The number of rotatable bonds is 5. The third-order valence-electron chi connectivity index (χ3n) is 5.35. The van der Waals surface area contributed by atoms with Crippen LogP contribution in [0.1, 0.15) is 29.8 Å². The molecule has 9 nitrogen and oxygen atoms in total. The largest absolute Gasteiger partial charge is 0.420 e. The molecule has 0 aliphatic carbocycles. The molecule has 5 aromatic rings. The number of nitrogens with one attached hydrogen (secondary N) is 1. The SMILES string of the molecule is C[C@H](c1ccccc1C#Cc1cncn1C)n1c(=O)oc2cc(S(=O)Nc3ncns3)c(F)cc21. The molecule has 0 fully saturated rings. The number of imidazole rings is 1. The number of nitrogens with zero attached hydrogens (tertiary/aromatic N) is 5. The van der Waals surface area contributed by atoms with E-state index in [0.29, 0.717) is 5.56 Å². The first kappa shape index (κ1) is 22.7. The van der Waals surface area contributed by atoms with Gasteiger partial charge in [-0.2, -0.15) is 4.37 Å². The molecule has 3 aromatic heterocycles. The molecule has 0 aliphatic rings. The van der Waals surface area contributed by atoms with Crippen LogP contribution in [-0.4, -0.2) is 27.7 Å². The second kappa shape index (κ2) is 9.28. The molecule has 0 amide bonds. The molecule has 0 bridgehead atoms. The second-order valence-electron chi connectivity index (χ2n) is 7.51. The summed E-state index contributed by atoms with van der Waals surface area (Å²) in [7, 11) is -0.112. The fourth-order valence-electron chi connectivity index (χ4n) is 3.62. The third-order valence-corrected chi connectivity index (χ3v) is 7.15. The molecule has 0 radical (unpaired) electrons. The minimum absolute atomic E-state index is 0.115. The minimum Gasteiger partial charge on any atom is -0.408 e. The van der Waals surface area contributed by atoms with E-state index >= 15 is 0 Å². The summed E-state index contributed by atoms with van der Waals surface area (Å²) in [5.41, 5.74) is 2.57. The van der Waals surface area contributed by atoms with Gasteiger partial charge in [-0.05, 0) is 24.5 Å².